The molecule has 0 heterocycles. The molecular formula is C16H15ClF3N. The highest BCUT2D eigenvalue weighted by atomic mass is 35.5. The van der Waals surface area contributed by atoms with Crippen LogP contribution in [0, 0.1) is 0 Å². The normalized spacial score (nSPS) is 13.0. The third kappa shape index (κ3) is 4.67. The first-order chi connectivity index (χ1) is 9.84. The van der Waals surface area contributed by atoms with E-state index < -0.39 is 11.7 Å². The second-order valence-electron chi connectivity index (χ2n) is 4.95. The molecule has 2 aromatic carbocycles. The molecule has 2 rings (SSSR count). The van der Waals surface area contributed by atoms with Gasteiger partial charge < -0.3 is 5.32 Å². The number of hydrogen-bond acceptors (Lipinski definition) is 1. The average Bonchev–Trinajstić information content (AvgIpc) is 2.41. The van der Waals surface area contributed by atoms with Crippen LogP contribution in [0.3, 0.4) is 0 Å². The highest BCUT2D eigenvalue weighted by Crippen LogP contribution is 2.29. The minimum atomic E-state index is -4.30. The molecule has 2 aromatic rings. The van der Waals surface area contributed by atoms with Crippen molar-refractivity contribution in [1.29, 1.82) is 0 Å². The van der Waals surface area contributed by atoms with Crippen molar-refractivity contribution in [3.63, 3.8) is 0 Å². The predicted octanol–water partition coefficient (Wildman–Crippen LogP) is 5.40. The van der Waals surface area contributed by atoms with E-state index in [2.05, 4.69) is 5.32 Å². The first-order valence-electron chi connectivity index (χ1n) is 6.53. The first kappa shape index (κ1) is 15.7. The Hall–Kier alpha value is -1.68. The van der Waals surface area contributed by atoms with Gasteiger partial charge in [-0.05, 0) is 55.3 Å². The fourth-order valence-corrected chi connectivity index (χ4v) is 2.19. The lowest BCUT2D eigenvalue weighted by molar-refractivity contribution is -0.137. The summed E-state index contributed by atoms with van der Waals surface area (Å²) < 4.78 is 37.4. The molecule has 0 aliphatic heterocycles. The minimum absolute atomic E-state index is 0.0999. The van der Waals surface area contributed by atoms with Gasteiger partial charge in [0.2, 0.25) is 0 Å². The summed E-state index contributed by atoms with van der Waals surface area (Å²) in [6, 6.07) is 12.7. The summed E-state index contributed by atoms with van der Waals surface area (Å²) in [6.07, 6.45) is -3.54. The van der Waals surface area contributed by atoms with Crippen LogP contribution in [0.1, 0.15) is 18.1 Å². The van der Waals surface area contributed by atoms with E-state index in [4.69, 9.17) is 11.6 Å². The maximum atomic E-state index is 12.5. The van der Waals surface area contributed by atoms with Crippen LogP contribution in [-0.2, 0) is 12.6 Å². The van der Waals surface area contributed by atoms with Crippen molar-refractivity contribution in [1.82, 2.24) is 0 Å². The number of anilines is 1. The fourth-order valence-electron chi connectivity index (χ4n) is 2.07. The topological polar surface area (TPSA) is 12.0 Å². The maximum absolute atomic E-state index is 12.5. The average molecular weight is 314 g/mol. The molecule has 0 amide bonds. The van der Waals surface area contributed by atoms with Gasteiger partial charge in [0.15, 0.2) is 0 Å². The molecule has 1 N–H and O–H groups in total. The predicted molar refractivity (Wildman–Crippen MR) is 79.7 cm³/mol. The Morgan fingerprint density at radius 2 is 1.57 bits per heavy atom. The van der Waals surface area contributed by atoms with E-state index in [1.807, 2.05) is 31.2 Å². The second kappa shape index (κ2) is 6.39. The zero-order valence-corrected chi connectivity index (χ0v) is 12.2. The standard InChI is InChI=1S/C16H15ClF3N/c1-11(10-12-2-6-14(17)7-3-12)21-15-8-4-13(5-9-15)16(18,19)20/h2-9,11,21H,10H2,1H3. The Bertz CT molecular complexity index is 576. The summed E-state index contributed by atoms with van der Waals surface area (Å²) in [5, 5.41) is 3.87. The lowest BCUT2D eigenvalue weighted by atomic mass is 10.1. The van der Waals surface area contributed by atoms with Crippen LogP contribution in [0.2, 0.25) is 5.02 Å². The van der Waals surface area contributed by atoms with Gasteiger partial charge in [-0.3, -0.25) is 0 Å². The molecule has 1 unspecified atom stereocenters. The molecule has 0 aliphatic rings. The molecule has 1 nitrogen and oxygen atoms in total. The highest BCUT2D eigenvalue weighted by molar-refractivity contribution is 6.30. The molecule has 0 aromatic heterocycles. The monoisotopic (exact) mass is 313 g/mol. The molecule has 5 heteroatoms. The van der Waals surface area contributed by atoms with Crippen molar-refractivity contribution in [3.8, 4) is 0 Å². The SMILES string of the molecule is CC(Cc1ccc(Cl)cc1)Nc1ccc(C(F)(F)F)cc1. The van der Waals surface area contributed by atoms with Crippen molar-refractivity contribution in [3.05, 3.63) is 64.7 Å². The Kier molecular flexibility index (Phi) is 4.78. The smallest absolute Gasteiger partial charge is 0.382 e. The minimum Gasteiger partial charge on any atom is -0.382 e. The number of rotatable bonds is 4. The van der Waals surface area contributed by atoms with Crippen molar-refractivity contribution in [2.45, 2.75) is 25.6 Å². The first-order valence-corrected chi connectivity index (χ1v) is 6.90. The van der Waals surface area contributed by atoms with Crippen LogP contribution < -0.4 is 5.32 Å². The Balaban J connectivity index is 1.96. The summed E-state index contributed by atoms with van der Waals surface area (Å²) in [4.78, 5) is 0. The van der Waals surface area contributed by atoms with Gasteiger partial charge >= 0.3 is 6.18 Å². The third-order valence-electron chi connectivity index (χ3n) is 3.08. The molecule has 0 bridgehead atoms. The van der Waals surface area contributed by atoms with E-state index in [-0.39, 0.29) is 6.04 Å². The van der Waals surface area contributed by atoms with E-state index in [1.54, 1.807) is 0 Å². The van der Waals surface area contributed by atoms with Crippen LogP contribution in [0.5, 0.6) is 0 Å². The van der Waals surface area contributed by atoms with Crippen molar-refractivity contribution < 1.29 is 13.2 Å². The van der Waals surface area contributed by atoms with Crippen LogP contribution in [0.15, 0.2) is 48.5 Å². The van der Waals surface area contributed by atoms with Gasteiger partial charge in [0.05, 0.1) is 5.56 Å². The van der Waals surface area contributed by atoms with Crippen LogP contribution in [0.25, 0.3) is 0 Å². The molecule has 1 atom stereocenters. The van der Waals surface area contributed by atoms with Crippen LogP contribution >= 0.6 is 11.6 Å². The number of nitrogens with one attached hydrogen (secondary N) is 1. The van der Waals surface area contributed by atoms with Gasteiger partial charge in [-0.1, -0.05) is 23.7 Å². The lowest BCUT2D eigenvalue weighted by Gasteiger charge is -2.16. The molecule has 0 spiro atoms. The van der Waals surface area contributed by atoms with E-state index >= 15 is 0 Å². The maximum Gasteiger partial charge on any atom is 0.416 e. The van der Waals surface area contributed by atoms with Gasteiger partial charge in [-0.15, -0.1) is 0 Å². The molecule has 112 valence electrons. The van der Waals surface area contributed by atoms with E-state index in [0.717, 1.165) is 24.1 Å². The third-order valence-corrected chi connectivity index (χ3v) is 3.33. The number of hydrogen-bond donors (Lipinski definition) is 1. The van der Waals surface area contributed by atoms with E-state index in [0.29, 0.717) is 10.7 Å². The quantitative estimate of drug-likeness (QED) is 0.796. The molecule has 0 saturated heterocycles. The Morgan fingerprint density at radius 1 is 1.00 bits per heavy atom. The fraction of sp³-hybridized carbons (Fsp3) is 0.250. The van der Waals surface area contributed by atoms with Gasteiger partial charge in [0.25, 0.3) is 0 Å². The highest BCUT2D eigenvalue weighted by Gasteiger charge is 2.29. The number of halogens is 4. The zero-order chi connectivity index (χ0) is 15.5. The van der Waals surface area contributed by atoms with Crippen molar-refractivity contribution >= 4 is 17.3 Å². The molecule has 0 saturated carbocycles. The Morgan fingerprint density at radius 3 is 2.10 bits per heavy atom. The summed E-state index contributed by atoms with van der Waals surface area (Å²) >= 11 is 5.82. The number of alkyl halides is 3. The van der Waals surface area contributed by atoms with Gasteiger partial charge in [0, 0.05) is 16.8 Å². The largest absolute Gasteiger partial charge is 0.416 e. The summed E-state index contributed by atoms with van der Waals surface area (Å²) in [5.41, 5.74) is 1.15. The van der Waals surface area contributed by atoms with Crippen molar-refractivity contribution in [2.24, 2.45) is 0 Å². The Labute approximate surface area is 126 Å². The molecule has 0 fully saturated rings. The van der Waals surface area contributed by atoms with Gasteiger partial charge in [-0.2, -0.15) is 13.2 Å². The van der Waals surface area contributed by atoms with E-state index in [9.17, 15) is 13.2 Å². The van der Waals surface area contributed by atoms with Crippen LogP contribution in [-0.4, -0.2) is 6.04 Å². The summed E-state index contributed by atoms with van der Waals surface area (Å²) in [5.74, 6) is 0. The lowest BCUT2D eigenvalue weighted by Crippen LogP contribution is -2.18. The molecule has 21 heavy (non-hydrogen) atoms. The molecular weight excluding hydrogens is 299 g/mol. The van der Waals surface area contributed by atoms with Gasteiger partial charge in [0.1, 0.15) is 0 Å². The zero-order valence-electron chi connectivity index (χ0n) is 11.4. The second-order valence-corrected chi connectivity index (χ2v) is 5.39. The van der Waals surface area contributed by atoms with Crippen LogP contribution in [0.4, 0.5) is 18.9 Å². The molecule has 0 radical (unpaired) electrons. The summed E-state index contributed by atoms with van der Waals surface area (Å²) in [7, 11) is 0. The number of benzene rings is 2. The van der Waals surface area contributed by atoms with Crippen molar-refractivity contribution in [2.75, 3.05) is 5.32 Å². The molecule has 0 aliphatic carbocycles. The van der Waals surface area contributed by atoms with Gasteiger partial charge in [-0.25, -0.2) is 0 Å². The summed E-state index contributed by atoms with van der Waals surface area (Å²) in [6.45, 7) is 1.98. The van der Waals surface area contributed by atoms with E-state index in [1.165, 1.54) is 12.1 Å².